The Kier molecular flexibility index (Phi) is 5.81. The highest BCUT2D eigenvalue weighted by molar-refractivity contribution is 5.78. The number of nitrogens with one attached hydrogen (secondary N) is 1. The summed E-state index contributed by atoms with van der Waals surface area (Å²) in [4.78, 5) is 6.87. The summed E-state index contributed by atoms with van der Waals surface area (Å²) < 4.78 is 31.9. The molecule has 0 spiro atoms. The van der Waals surface area contributed by atoms with Gasteiger partial charge in [-0.3, -0.25) is 15.0 Å². The number of hydrogen-bond donors (Lipinski definition) is 1. The normalized spacial score (nSPS) is 16.6. The van der Waals surface area contributed by atoms with Crippen LogP contribution in [0, 0.1) is 11.6 Å². The van der Waals surface area contributed by atoms with Gasteiger partial charge in [0.2, 0.25) is 0 Å². The molecule has 7 heteroatoms. The third-order valence-electron chi connectivity index (χ3n) is 5.94. The molecule has 32 heavy (non-hydrogen) atoms. The molecule has 4 aromatic rings. The average Bonchev–Trinajstić information content (AvgIpc) is 3.45. The largest absolute Gasteiger partial charge is 0.493 e. The topological polar surface area (TPSA) is 54.0 Å². The van der Waals surface area contributed by atoms with Crippen molar-refractivity contribution in [1.82, 2.24) is 20.1 Å². The summed E-state index contributed by atoms with van der Waals surface area (Å²) in [6.07, 6.45) is 4.64. The minimum absolute atomic E-state index is 0.275. The van der Waals surface area contributed by atoms with Crippen LogP contribution in [0.1, 0.15) is 35.8 Å². The van der Waals surface area contributed by atoms with E-state index in [1.54, 1.807) is 0 Å². The predicted molar refractivity (Wildman–Crippen MR) is 118 cm³/mol. The Hall–Kier alpha value is -3.32. The summed E-state index contributed by atoms with van der Waals surface area (Å²) in [5.41, 5.74) is 4.28. The summed E-state index contributed by atoms with van der Waals surface area (Å²) in [6, 6.07) is 16.4. The van der Waals surface area contributed by atoms with Crippen molar-refractivity contribution in [1.29, 1.82) is 0 Å². The molecule has 2 aromatic carbocycles. The molecule has 3 heterocycles. The molecular formula is C25H24F2N4O. The number of aromatic amines is 1. The second-order valence-electron chi connectivity index (χ2n) is 8.15. The van der Waals surface area contributed by atoms with Gasteiger partial charge in [-0.1, -0.05) is 12.1 Å². The van der Waals surface area contributed by atoms with E-state index in [2.05, 4.69) is 50.4 Å². The number of H-pyrrole nitrogens is 1. The lowest BCUT2D eigenvalue weighted by Crippen LogP contribution is -2.23. The zero-order chi connectivity index (χ0) is 21.9. The lowest BCUT2D eigenvalue weighted by Gasteiger charge is -2.23. The van der Waals surface area contributed by atoms with Crippen LogP contribution in [0.25, 0.3) is 10.9 Å². The molecule has 1 aliphatic rings. The van der Waals surface area contributed by atoms with E-state index in [1.165, 1.54) is 11.6 Å². The van der Waals surface area contributed by atoms with Crippen LogP contribution in [-0.2, 0) is 13.0 Å². The zero-order valence-electron chi connectivity index (χ0n) is 17.6. The van der Waals surface area contributed by atoms with E-state index in [0.717, 1.165) is 60.4 Å². The van der Waals surface area contributed by atoms with Crippen molar-refractivity contribution in [2.24, 2.45) is 0 Å². The number of aromatic nitrogens is 3. The third-order valence-corrected chi connectivity index (χ3v) is 5.94. The van der Waals surface area contributed by atoms with Crippen LogP contribution in [0.2, 0.25) is 0 Å². The Labute approximate surface area is 185 Å². The molecule has 1 atom stereocenters. The van der Waals surface area contributed by atoms with Crippen LogP contribution in [-0.4, -0.2) is 33.2 Å². The van der Waals surface area contributed by atoms with E-state index in [0.29, 0.717) is 18.8 Å². The highest BCUT2D eigenvalue weighted by Gasteiger charge is 2.28. The molecule has 1 N–H and O–H groups in total. The smallest absolute Gasteiger partial charge is 0.162 e. The molecular weight excluding hydrogens is 410 g/mol. The summed E-state index contributed by atoms with van der Waals surface area (Å²) in [7, 11) is 0. The number of benzene rings is 2. The average molecular weight is 434 g/mol. The second-order valence-corrected chi connectivity index (χ2v) is 8.15. The second kappa shape index (κ2) is 9.04. The molecule has 1 saturated heterocycles. The molecule has 0 amide bonds. The van der Waals surface area contributed by atoms with Gasteiger partial charge in [-0.05, 0) is 61.3 Å². The van der Waals surface area contributed by atoms with E-state index < -0.39 is 11.6 Å². The van der Waals surface area contributed by atoms with E-state index in [4.69, 9.17) is 4.74 Å². The van der Waals surface area contributed by atoms with Crippen molar-refractivity contribution in [3.8, 4) is 5.75 Å². The standard InChI is InChI=1S/C25H24F2N4O/c26-21-7-6-20(15-22(21)27)32-12-9-19-14-24(30-29-19)25-4-2-11-31(25)16-17-5-8-23-18(13-17)3-1-10-28-23/h1,3,5-8,10,13-15,25H,2,4,9,11-12,16H2,(H,29,30)/t25-/m0/s1. The highest BCUT2D eigenvalue weighted by atomic mass is 19.2. The fourth-order valence-electron chi connectivity index (χ4n) is 4.33. The number of likely N-dealkylation sites (tertiary alicyclic amines) is 1. The molecule has 0 aliphatic carbocycles. The predicted octanol–water partition coefficient (Wildman–Crippen LogP) is 5.19. The van der Waals surface area contributed by atoms with E-state index in [9.17, 15) is 8.78 Å². The molecule has 1 fully saturated rings. The summed E-state index contributed by atoms with van der Waals surface area (Å²) >= 11 is 0. The molecule has 5 nitrogen and oxygen atoms in total. The van der Waals surface area contributed by atoms with Gasteiger partial charge in [-0.15, -0.1) is 0 Å². The van der Waals surface area contributed by atoms with Crippen molar-refractivity contribution in [2.75, 3.05) is 13.2 Å². The van der Waals surface area contributed by atoms with E-state index in [1.807, 2.05) is 12.3 Å². The Morgan fingerprint density at radius 1 is 1.06 bits per heavy atom. The lowest BCUT2D eigenvalue weighted by atomic mass is 10.1. The fourth-order valence-corrected chi connectivity index (χ4v) is 4.33. The minimum Gasteiger partial charge on any atom is -0.493 e. The van der Waals surface area contributed by atoms with Gasteiger partial charge < -0.3 is 4.74 Å². The maximum atomic E-state index is 13.3. The SMILES string of the molecule is Fc1ccc(OCCc2cc([C@@H]3CCCN3Cc3ccc4ncccc4c3)n[nH]2)cc1F. The van der Waals surface area contributed by atoms with Gasteiger partial charge in [0.05, 0.1) is 23.9 Å². The van der Waals surface area contributed by atoms with Gasteiger partial charge >= 0.3 is 0 Å². The van der Waals surface area contributed by atoms with Crippen LogP contribution < -0.4 is 4.74 Å². The number of pyridine rings is 1. The van der Waals surface area contributed by atoms with Crippen LogP contribution >= 0.6 is 0 Å². The van der Waals surface area contributed by atoms with Crippen LogP contribution in [0.3, 0.4) is 0 Å². The van der Waals surface area contributed by atoms with E-state index in [-0.39, 0.29) is 6.04 Å². The molecule has 0 bridgehead atoms. The van der Waals surface area contributed by atoms with Gasteiger partial charge in [0.1, 0.15) is 5.75 Å². The highest BCUT2D eigenvalue weighted by Crippen LogP contribution is 2.32. The number of nitrogens with zero attached hydrogens (tertiary/aromatic N) is 3. The maximum absolute atomic E-state index is 13.3. The number of halogens is 2. The Morgan fingerprint density at radius 3 is 2.91 bits per heavy atom. The molecule has 1 aliphatic heterocycles. The lowest BCUT2D eigenvalue weighted by molar-refractivity contribution is 0.244. The molecule has 0 saturated carbocycles. The van der Waals surface area contributed by atoms with Gasteiger partial charge in [0.25, 0.3) is 0 Å². The van der Waals surface area contributed by atoms with Crippen molar-refractivity contribution < 1.29 is 13.5 Å². The van der Waals surface area contributed by atoms with Crippen molar-refractivity contribution in [3.05, 3.63) is 89.4 Å². The first-order valence-corrected chi connectivity index (χ1v) is 10.9. The molecule has 0 unspecified atom stereocenters. The maximum Gasteiger partial charge on any atom is 0.162 e. The van der Waals surface area contributed by atoms with Gasteiger partial charge in [-0.25, -0.2) is 8.78 Å². The Bertz CT molecular complexity index is 1230. The van der Waals surface area contributed by atoms with Gasteiger partial charge in [0.15, 0.2) is 11.6 Å². The van der Waals surface area contributed by atoms with Crippen molar-refractivity contribution in [3.63, 3.8) is 0 Å². The Balaban J connectivity index is 1.21. The third kappa shape index (κ3) is 4.48. The van der Waals surface area contributed by atoms with Crippen LogP contribution in [0.15, 0.2) is 60.8 Å². The quantitative estimate of drug-likeness (QED) is 0.435. The van der Waals surface area contributed by atoms with Gasteiger partial charge in [0, 0.05) is 36.3 Å². The zero-order valence-corrected chi connectivity index (χ0v) is 17.6. The number of ether oxygens (including phenoxy) is 1. The van der Waals surface area contributed by atoms with Crippen molar-refractivity contribution in [2.45, 2.75) is 31.8 Å². The van der Waals surface area contributed by atoms with E-state index >= 15 is 0 Å². The first kappa shape index (κ1) is 20.6. The fraction of sp³-hybridized carbons (Fsp3) is 0.280. The number of hydrogen-bond acceptors (Lipinski definition) is 4. The van der Waals surface area contributed by atoms with Crippen molar-refractivity contribution >= 4 is 10.9 Å². The Morgan fingerprint density at radius 2 is 2.00 bits per heavy atom. The minimum atomic E-state index is -0.907. The molecule has 164 valence electrons. The van der Waals surface area contributed by atoms with Gasteiger partial charge in [-0.2, -0.15) is 5.10 Å². The summed E-state index contributed by atoms with van der Waals surface area (Å²) in [5.74, 6) is -1.47. The number of fused-ring (bicyclic) bond motifs is 1. The summed E-state index contributed by atoms with van der Waals surface area (Å²) in [5, 5.41) is 8.80. The van der Waals surface area contributed by atoms with Crippen LogP contribution in [0.5, 0.6) is 5.75 Å². The molecule has 0 radical (unpaired) electrons. The number of rotatable bonds is 7. The molecule has 5 rings (SSSR count). The van der Waals surface area contributed by atoms with Crippen LogP contribution in [0.4, 0.5) is 8.78 Å². The summed E-state index contributed by atoms with van der Waals surface area (Å²) in [6.45, 7) is 2.26. The molecule has 2 aromatic heterocycles. The first-order valence-electron chi connectivity index (χ1n) is 10.9. The first-order chi connectivity index (χ1) is 15.7. The monoisotopic (exact) mass is 434 g/mol.